The number of ketones is 1. The molecule has 0 aromatic heterocycles. The average molecular weight is 388 g/mol. The van der Waals surface area contributed by atoms with E-state index in [4.69, 9.17) is 14.6 Å². The predicted molar refractivity (Wildman–Crippen MR) is 92.6 cm³/mol. The predicted octanol–water partition coefficient (Wildman–Crippen LogP) is 0.969. The molecule has 9 heteroatoms. The maximum Gasteiger partial charge on any atom is 0.349 e. The SMILES string of the molecule is O=C(O[C@H](C(=O)O)[C@](OCO)(C(=O)O)C(=O)c1ccccc1)c1ccccc1. The van der Waals surface area contributed by atoms with E-state index < -0.39 is 42.2 Å². The molecule has 28 heavy (non-hydrogen) atoms. The lowest BCUT2D eigenvalue weighted by molar-refractivity contribution is -0.194. The summed E-state index contributed by atoms with van der Waals surface area (Å²) in [5.74, 6) is -6.46. The molecule has 0 heterocycles. The summed E-state index contributed by atoms with van der Waals surface area (Å²) in [6, 6.07) is 14.1. The molecule has 9 nitrogen and oxygen atoms in total. The van der Waals surface area contributed by atoms with Crippen molar-refractivity contribution in [3.8, 4) is 0 Å². The van der Waals surface area contributed by atoms with Gasteiger partial charge in [-0.25, -0.2) is 14.4 Å². The van der Waals surface area contributed by atoms with Crippen LogP contribution < -0.4 is 0 Å². The fraction of sp³-hybridized carbons (Fsp3) is 0.158. The summed E-state index contributed by atoms with van der Waals surface area (Å²) < 4.78 is 9.56. The molecular formula is C19H16O9. The minimum absolute atomic E-state index is 0.0656. The summed E-state index contributed by atoms with van der Waals surface area (Å²) in [4.78, 5) is 48.9. The second-order valence-electron chi connectivity index (χ2n) is 5.50. The van der Waals surface area contributed by atoms with Crippen molar-refractivity contribution in [1.29, 1.82) is 0 Å². The largest absolute Gasteiger partial charge is 0.479 e. The lowest BCUT2D eigenvalue weighted by Gasteiger charge is -2.32. The molecule has 146 valence electrons. The zero-order chi connectivity index (χ0) is 20.7. The van der Waals surface area contributed by atoms with E-state index in [2.05, 4.69) is 0 Å². The van der Waals surface area contributed by atoms with Crippen LogP contribution in [0.4, 0.5) is 0 Å². The maximum absolute atomic E-state index is 12.9. The van der Waals surface area contributed by atoms with Crippen LogP contribution in [0.2, 0.25) is 0 Å². The number of carbonyl (C=O) groups is 4. The van der Waals surface area contributed by atoms with Crippen LogP contribution in [0.25, 0.3) is 0 Å². The molecule has 0 bridgehead atoms. The standard InChI is InChI=1S/C19H16O9/c20-11-27-19(18(25)26,14(21)12-7-3-1-4-8-12)15(16(22)23)28-17(24)13-9-5-2-6-10-13/h1-10,15,20H,11H2,(H,22,23)(H,25,26)/t15-,19+/m1/s1. The van der Waals surface area contributed by atoms with E-state index in [9.17, 15) is 29.4 Å². The van der Waals surface area contributed by atoms with Crippen LogP contribution >= 0.6 is 0 Å². The molecule has 2 aromatic rings. The molecule has 0 spiro atoms. The van der Waals surface area contributed by atoms with E-state index in [1.807, 2.05) is 0 Å². The number of esters is 1. The normalized spacial score (nSPS) is 13.8. The maximum atomic E-state index is 12.9. The number of hydrogen-bond donors (Lipinski definition) is 3. The molecule has 0 aliphatic heterocycles. The van der Waals surface area contributed by atoms with Crippen LogP contribution in [0.3, 0.4) is 0 Å². The van der Waals surface area contributed by atoms with Gasteiger partial charge in [0.05, 0.1) is 5.56 Å². The van der Waals surface area contributed by atoms with Gasteiger partial charge in [0.15, 0.2) is 0 Å². The minimum atomic E-state index is -3.20. The highest BCUT2D eigenvalue weighted by molar-refractivity contribution is 6.18. The molecular weight excluding hydrogens is 372 g/mol. The van der Waals surface area contributed by atoms with Crippen molar-refractivity contribution >= 4 is 23.7 Å². The zero-order valence-corrected chi connectivity index (χ0v) is 14.3. The molecule has 2 rings (SSSR count). The Labute approximate surface area is 158 Å². The topological polar surface area (TPSA) is 147 Å². The van der Waals surface area contributed by atoms with Crippen molar-refractivity contribution in [2.75, 3.05) is 6.79 Å². The smallest absolute Gasteiger partial charge is 0.349 e. The van der Waals surface area contributed by atoms with Gasteiger partial charge in [-0.15, -0.1) is 0 Å². The molecule has 0 aliphatic carbocycles. The summed E-state index contributed by atoms with van der Waals surface area (Å²) in [7, 11) is 0. The van der Waals surface area contributed by atoms with E-state index in [0.717, 1.165) is 0 Å². The summed E-state index contributed by atoms with van der Waals surface area (Å²) in [5.41, 5.74) is -3.48. The Hall–Kier alpha value is -3.56. The first kappa shape index (κ1) is 20.7. The monoisotopic (exact) mass is 388 g/mol. The van der Waals surface area contributed by atoms with Gasteiger partial charge in [-0.3, -0.25) is 4.79 Å². The third-order valence-electron chi connectivity index (χ3n) is 3.81. The number of aliphatic hydroxyl groups excluding tert-OH is 1. The molecule has 0 amide bonds. The van der Waals surface area contributed by atoms with Crippen molar-refractivity contribution in [3.05, 3.63) is 71.8 Å². The van der Waals surface area contributed by atoms with Crippen LogP contribution in [-0.4, -0.2) is 57.5 Å². The first-order valence-corrected chi connectivity index (χ1v) is 7.91. The first-order valence-electron chi connectivity index (χ1n) is 7.91. The first-order chi connectivity index (χ1) is 13.3. The lowest BCUT2D eigenvalue weighted by Crippen LogP contribution is -2.62. The van der Waals surface area contributed by atoms with Gasteiger partial charge in [-0.1, -0.05) is 48.5 Å². The number of aliphatic carboxylic acids is 2. The van der Waals surface area contributed by atoms with Crippen molar-refractivity contribution in [1.82, 2.24) is 0 Å². The zero-order valence-electron chi connectivity index (χ0n) is 14.3. The highest BCUT2D eigenvalue weighted by Gasteiger charge is 2.60. The molecule has 2 atom stereocenters. The Morgan fingerprint density at radius 3 is 1.79 bits per heavy atom. The molecule has 2 aromatic carbocycles. The van der Waals surface area contributed by atoms with Crippen LogP contribution in [0, 0.1) is 0 Å². The number of Topliss-reactive ketones (excluding diaryl/α,β-unsaturated/α-hetero) is 1. The van der Waals surface area contributed by atoms with E-state index in [0.29, 0.717) is 0 Å². The van der Waals surface area contributed by atoms with Crippen molar-refractivity contribution in [2.24, 2.45) is 0 Å². The van der Waals surface area contributed by atoms with Gasteiger partial charge < -0.3 is 24.8 Å². The summed E-state index contributed by atoms with van der Waals surface area (Å²) in [5, 5.41) is 28.4. The van der Waals surface area contributed by atoms with E-state index in [-0.39, 0.29) is 11.1 Å². The molecule has 0 aliphatic rings. The average Bonchev–Trinajstić information content (AvgIpc) is 2.70. The second kappa shape index (κ2) is 8.89. The number of carboxylic acids is 2. The molecule has 0 unspecified atom stereocenters. The number of benzene rings is 2. The Morgan fingerprint density at radius 2 is 1.36 bits per heavy atom. The van der Waals surface area contributed by atoms with Crippen LogP contribution in [0.15, 0.2) is 60.7 Å². The molecule has 0 saturated carbocycles. The van der Waals surface area contributed by atoms with E-state index in [1.54, 1.807) is 12.1 Å². The summed E-state index contributed by atoms with van der Waals surface area (Å²) >= 11 is 0. The Balaban J connectivity index is 2.54. The number of ether oxygens (including phenoxy) is 2. The molecule has 0 radical (unpaired) electrons. The Bertz CT molecular complexity index is 863. The fourth-order valence-electron chi connectivity index (χ4n) is 2.49. The van der Waals surface area contributed by atoms with Gasteiger partial charge in [0, 0.05) is 5.56 Å². The van der Waals surface area contributed by atoms with Gasteiger partial charge in [0.1, 0.15) is 6.79 Å². The van der Waals surface area contributed by atoms with Crippen molar-refractivity contribution in [2.45, 2.75) is 11.7 Å². The highest BCUT2D eigenvalue weighted by Crippen LogP contribution is 2.27. The van der Waals surface area contributed by atoms with Gasteiger partial charge in [-0.05, 0) is 12.1 Å². The minimum Gasteiger partial charge on any atom is -0.479 e. The summed E-state index contributed by atoms with van der Waals surface area (Å²) in [6.07, 6.45) is -2.57. The van der Waals surface area contributed by atoms with Crippen molar-refractivity contribution in [3.63, 3.8) is 0 Å². The van der Waals surface area contributed by atoms with Gasteiger partial charge in [0.25, 0.3) is 5.60 Å². The van der Waals surface area contributed by atoms with Crippen LogP contribution in [0.5, 0.6) is 0 Å². The highest BCUT2D eigenvalue weighted by atomic mass is 16.6. The quantitative estimate of drug-likeness (QED) is 0.247. The molecule has 0 fully saturated rings. The number of carbonyl (C=O) groups excluding carboxylic acids is 2. The number of hydrogen-bond acceptors (Lipinski definition) is 7. The number of aliphatic hydroxyl groups is 1. The van der Waals surface area contributed by atoms with Crippen LogP contribution in [0.1, 0.15) is 20.7 Å². The fourth-order valence-corrected chi connectivity index (χ4v) is 2.49. The van der Waals surface area contributed by atoms with Gasteiger partial charge >= 0.3 is 17.9 Å². The lowest BCUT2D eigenvalue weighted by atomic mass is 9.86. The van der Waals surface area contributed by atoms with E-state index >= 15 is 0 Å². The number of rotatable bonds is 9. The second-order valence-corrected chi connectivity index (χ2v) is 5.50. The van der Waals surface area contributed by atoms with Gasteiger partial charge in [0.2, 0.25) is 11.9 Å². The molecule has 3 N–H and O–H groups in total. The number of carboxylic acid groups (broad SMARTS) is 2. The third kappa shape index (κ3) is 4.05. The third-order valence-corrected chi connectivity index (χ3v) is 3.81. The Morgan fingerprint density at radius 1 is 0.857 bits per heavy atom. The Kier molecular flexibility index (Phi) is 6.59. The molecule has 0 saturated heterocycles. The summed E-state index contributed by atoms with van der Waals surface area (Å²) in [6.45, 7) is -1.31. The van der Waals surface area contributed by atoms with E-state index in [1.165, 1.54) is 48.5 Å². The van der Waals surface area contributed by atoms with Gasteiger partial charge in [-0.2, -0.15) is 0 Å². The van der Waals surface area contributed by atoms with Crippen molar-refractivity contribution < 1.29 is 44.0 Å². The van der Waals surface area contributed by atoms with Crippen LogP contribution in [-0.2, 0) is 19.1 Å².